The van der Waals surface area contributed by atoms with Gasteiger partial charge in [0.25, 0.3) is 0 Å². The maximum Gasteiger partial charge on any atom is 0.345 e. The fourth-order valence-electron chi connectivity index (χ4n) is 2.37. The molecule has 0 amide bonds. The Balaban J connectivity index is 1.89. The van der Waals surface area contributed by atoms with Crippen LogP contribution in [0, 0.1) is 0 Å². The number of carbonyl (C=O) groups is 1. The van der Waals surface area contributed by atoms with E-state index in [0.29, 0.717) is 4.88 Å². The van der Waals surface area contributed by atoms with Crippen molar-refractivity contribution in [2.24, 2.45) is 0 Å². The average molecular weight is 311 g/mol. The maximum atomic E-state index is 10.8. The predicted molar refractivity (Wildman–Crippen MR) is 91.6 cm³/mol. The molecule has 0 radical (unpaired) electrons. The molecule has 3 nitrogen and oxygen atoms in total. The number of aromatic carboxylic acids is 1. The molecule has 0 bridgehead atoms. The number of hydrogen-bond donors (Lipinski definition) is 2. The van der Waals surface area contributed by atoms with Crippen molar-refractivity contribution in [3.8, 4) is 0 Å². The first-order valence-corrected chi connectivity index (χ1v) is 9.12. The van der Waals surface area contributed by atoms with Crippen LogP contribution >= 0.6 is 11.3 Å². The molecule has 0 aromatic carbocycles. The Morgan fingerprint density at radius 2 is 1.57 bits per heavy atom. The zero-order chi connectivity index (χ0) is 15.3. The Kier molecular flexibility index (Phi) is 9.96. The Morgan fingerprint density at radius 3 is 2.10 bits per heavy atom. The minimum atomic E-state index is -0.841. The van der Waals surface area contributed by atoms with Crippen molar-refractivity contribution in [1.29, 1.82) is 0 Å². The third-order valence-electron chi connectivity index (χ3n) is 3.65. The molecule has 1 heterocycles. The van der Waals surface area contributed by atoms with E-state index in [4.69, 9.17) is 5.11 Å². The summed E-state index contributed by atoms with van der Waals surface area (Å²) in [6.45, 7) is 3.20. The normalized spacial score (nSPS) is 10.7. The van der Waals surface area contributed by atoms with E-state index in [2.05, 4.69) is 12.2 Å². The maximum absolute atomic E-state index is 10.8. The number of thiophene rings is 1. The number of unbranched alkanes of at least 4 members (excludes halogenated alkanes) is 9. The number of nitrogens with one attached hydrogen (secondary N) is 1. The molecule has 1 aromatic rings. The van der Waals surface area contributed by atoms with E-state index >= 15 is 0 Å². The summed E-state index contributed by atoms with van der Waals surface area (Å²) >= 11 is 1.31. The SMILES string of the molecule is CCCCCCCCCCCCNc1ccc(C(=O)O)s1. The van der Waals surface area contributed by atoms with Crippen LogP contribution < -0.4 is 5.32 Å². The van der Waals surface area contributed by atoms with Gasteiger partial charge in [0.05, 0.1) is 5.00 Å². The second-order valence-corrected chi connectivity index (χ2v) is 6.66. The number of carboxylic acid groups (broad SMARTS) is 1. The van der Waals surface area contributed by atoms with Gasteiger partial charge in [-0.3, -0.25) is 0 Å². The third kappa shape index (κ3) is 8.76. The van der Waals surface area contributed by atoms with Crippen LogP contribution in [0.15, 0.2) is 12.1 Å². The summed E-state index contributed by atoms with van der Waals surface area (Å²) in [5, 5.41) is 13.1. The highest BCUT2D eigenvalue weighted by molar-refractivity contribution is 7.17. The molecule has 21 heavy (non-hydrogen) atoms. The first kappa shape index (κ1) is 18.0. The highest BCUT2D eigenvalue weighted by Crippen LogP contribution is 2.21. The minimum Gasteiger partial charge on any atom is -0.477 e. The highest BCUT2D eigenvalue weighted by Gasteiger charge is 2.05. The summed E-state index contributed by atoms with van der Waals surface area (Å²) in [5.74, 6) is -0.841. The molecule has 0 aliphatic carbocycles. The molecular weight excluding hydrogens is 282 g/mol. The topological polar surface area (TPSA) is 49.3 Å². The van der Waals surface area contributed by atoms with E-state index in [0.717, 1.165) is 18.0 Å². The summed E-state index contributed by atoms with van der Waals surface area (Å²) in [6.07, 6.45) is 13.4. The first-order chi connectivity index (χ1) is 10.2. The van der Waals surface area contributed by atoms with Gasteiger partial charge < -0.3 is 10.4 Å². The molecule has 0 saturated heterocycles. The zero-order valence-corrected chi connectivity index (χ0v) is 14.0. The lowest BCUT2D eigenvalue weighted by atomic mass is 10.1. The molecule has 1 aromatic heterocycles. The molecule has 0 aliphatic rings. The van der Waals surface area contributed by atoms with Crippen LogP contribution in [0.3, 0.4) is 0 Å². The van der Waals surface area contributed by atoms with Crippen LogP contribution in [0.4, 0.5) is 5.00 Å². The van der Waals surface area contributed by atoms with Gasteiger partial charge in [0.15, 0.2) is 0 Å². The Bertz CT molecular complexity index is 390. The van der Waals surface area contributed by atoms with Gasteiger partial charge in [0.2, 0.25) is 0 Å². The van der Waals surface area contributed by atoms with Crippen molar-refractivity contribution < 1.29 is 9.90 Å². The smallest absolute Gasteiger partial charge is 0.345 e. The quantitative estimate of drug-likeness (QED) is 0.454. The van der Waals surface area contributed by atoms with Gasteiger partial charge in [-0.05, 0) is 18.6 Å². The van der Waals surface area contributed by atoms with E-state index in [1.807, 2.05) is 6.07 Å². The van der Waals surface area contributed by atoms with Gasteiger partial charge in [0.1, 0.15) is 4.88 Å². The predicted octanol–water partition coefficient (Wildman–Crippen LogP) is 5.78. The van der Waals surface area contributed by atoms with Crippen LogP contribution in [0.5, 0.6) is 0 Å². The van der Waals surface area contributed by atoms with Crippen LogP contribution in [0.1, 0.15) is 80.8 Å². The van der Waals surface area contributed by atoms with Crippen molar-refractivity contribution in [2.75, 3.05) is 11.9 Å². The van der Waals surface area contributed by atoms with Crippen LogP contribution in [0.25, 0.3) is 0 Å². The number of carboxylic acids is 1. The number of hydrogen-bond acceptors (Lipinski definition) is 3. The van der Waals surface area contributed by atoms with Crippen LogP contribution in [-0.4, -0.2) is 17.6 Å². The lowest BCUT2D eigenvalue weighted by Crippen LogP contribution is -1.99. The number of rotatable bonds is 13. The van der Waals surface area contributed by atoms with Crippen LogP contribution in [-0.2, 0) is 0 Å². The van der Waals surface area contributed by atoms with Gasteiger partial charge in [-0.1, -0.05) is 64.7 Å². The lowest BCUT2D eigenvalue weighted by molar-refractivity contribution is 0.0702. The molecule has 0 fully saturated rings. The summed E-state index contributed by atoms with van der Waals surface area (Å²) in [7, 11) is 0. The summed E-state index contributed by atoms with van der Waals surface area (Å²) in [4.78, 5) is 11.2. The fraction of sp³-hybridized carbons (Fsp3) is 0.706. The lowest BCUT2D eigenvalue weighted by Gasteiger charge is -2.04. The first-order valence-electron chi connectivity index (χ1n) is 8.31. The minimum absolute atomic E-state index is 0.403. The van der Waals surface area contributed by atoms with Gasteiger partial charge in [-0.15, -0.1) is 11.3 Å². The van der Waals surface area contributed by atoms with Crippen LogP contribution in [0.2, 0.25) is 0 Å². The Morgan fingerprint density at radius 1 is 1.00 bits per heavy atom. The third-order valence-corrected chi connectivity index (χ3v) is 4.68. The second kappa shape index (κ2) is 11.6. The summed E-state index contributed by atoms with van der Waals surface area (Å²) < 4.78 is 0. The second-order valence-electron chi connectivity index (χ2n) is 5.58. The molecule has 1 rings (SSSR count). The molecule has 2 N–H and O–H groups in total. The van der Waals surface area contributed by atoms with Gasteiger partial charge in [-0.25, -0.2) is 4.79 Å². The number of anilines is 1. The van der Waals surface area contributed by atoms with E-state index in [1.54, 1.807) is 6.07 Å². The van der Waals surface area contributed by atoms with E-state index < -0.39 is 5.97 Å². The van der Waals surface area contributed by atoms with Crippen molar-refractivity contribution in [1.82, 2.24) is 0 Å². The molecule has 0 aliphatic heterocycles. The highest BCUT2D eigenvalue weighted by atomic mass is 32.1. The van der Waals surface area contributed by atoms with E-state index in [1.165, 1.54) is 69.1 Å². The van der Waals surface area contributed by atoms with Crippen molar-refractivity contribution in [3.05, 3.63) is 17.0 Å². The van der Waals surface area contributed by atoms with Crippen molar-refractivity contribution >= 4 is 22.3 Å². The van der Waals surface area contributed by atoms with Crippen molar-refractivity contribution in [2.45, 2.75) is 71.1 Å². The summed E-state index contributed by atoms with van der Waals surface area (Å²) in [6, 6.07) is 3.51. The largest absolute Gasteiger partial charge is 0.477 e. The molecule has 0 spiro atoms. The standard InChI is InChI=1S/C17H29NO2S/c1-2-3-4-5-6-7-8-9-10-11-14-18-16-13-12-15(21-16)17(19)20/h12-13,18H,2-11,14H2,1H3,(H,19,20). The van der Waals surface area contributed by atoms with Gasteiger partial charge in [0, 0.05) is 6.54 Å². The Hall–Kier alpha value is -1.03. The molecule has 4 heteroatoms. The van der Waals surface area contributed by atoms with E-state index in [-0.39, 0.29) is 0 Å². The van der Waals surface area contributed by atoms with Gasteiger partial charge >= 0.3 is 5.97 Å². The monoisotopic (exact) mass is 311 g/mol. The zero-order valence-electron chi connectivity index (χ0n) is 13.2. The molecular formula is C17H29NO2S. The summed E-state index contributed by atoms with van der Waals surface area (Å²) in [5.41, 5.74) is 0. The fourth-order valence-corrected chi connectivity index (χ4v) is 3.14. The Labute approximate surface area is 132 Å². The van der Waals surface area contributed by atoms with Gasteiger partial charge in [-0.2, -0.15) is 0 Å². The average Bonchev–Trinajstić information content (AvgIpc) is 2.94. The molecule has 0 unspecified atom stereocenters. The van der Waals surface area contributed by atoms with Crippen molar-refractivity contribution in [3.63, 3.8) is 0 Å². The molecule has 0 atom stereocenters. The van der Waals surface area contributed by atoms with E-state index in [9.17, 15) is 4.79 Å². The molecule has 0 saturated carbocycles. The molecule has 120 valence electrons.